The molecule has 4 nitrogen and oxygen atoms in total. The van der Waals surface area contributed by atoms with Crippen molar-refractivity contribution in [3.05, 3.63) is 89.7 Å². The predicted molar refractivity (Wildman–Crippen MR) is 117 cm³/mol. The molecule has 0 saturated carbocycles. The van der Waals surface area contributed by atoms with Crippen LogP contribution in [-0.4, -0.2) is 23.3 Å². The van der Waals surface area contributed by atoms with Gasteiger partial charge >= 0.3 is 0 Å². The Hall–Kier alpha value is -3.27. The topological polar surface area (TPSA) is 36.3 Å². The average Bonchev–Trinajstić information content (AvgIpc) is 3.12. The van der Waals surface area contributed by atoms with Crippen LogP contribution in [0.5, 0.6) is 11.5 Å². The van der Waals surface area contributed by atoms with Crippen LogP contribution in [0.4, 0.5) is 0 Å². The van der Waals surface area contributed by atoms with Crippen molar-refractivity contribution >= 4 is 11.0 Å². The molecule has 0 radical (unpaired) electrons. The fourth-order valence-electron chi connectivity index (χ4n) is 3.51. The lowest BCUT2D eigenvalue weighted by Gasteiger charge is -2.11. The van der Waals surface area contributed by atoms with E-state index < -0.39 is 0 Å². The van der Waals surface area contributed by atoms with Crippen LogP contribution in [0, 0.1) is 0 Å². The molecule has 29 heavy (non-hydrogen) atoms. The quantitative estimate of drug-likeness (QED) is 0.413. The van der Waals surface area contributed by atoms with Crippen LogP contribution in [0.15, 0.2) is 72.8 Å². The van der Waals surface area contributed by atoms with E-state index in [4.69, 9.17) is 14.5 Å². The van der Waals surface area contributed by atoms with Crippen molar-refractivity contribution in [1.82, 2.24) is 9.55 Å². The molecule has 4 rings (SSSR count). The summed E-state index contributed by atoms with van der Waals surface area (Å²) in [4.78, 5) is 4.88. The molecule has 0 bridgehead atoms. The lowest BCUT2D eigenvalue weighted by molar-refractivity contribution is 0.298. The van der Waals surface area contributed by atoms with E-state index in [-0.39, 0.29) is 0 Å². The molecular weight excluding hydrogens is 360 g/mol. The third-order valence-electron chi connectivity index (χ3n) is 5.17. The Morgan fingerprint density at radius 2 is 1.52 bits per heavy atom. The van der Waals surface area contributed by atoms with E-state index in [2.05, 4.69) is 54.0 Å². The molecule has 4 aromatic rings. The standard InChI is InChI=1S/C25H26N2O2/c1-3-19-8-14-22(15-9-19)29-17-16-27-24-7-5-4-6-23(24)26-25(27)18-20-10-12-21(28-2)13-11-20/h4-15H,3,16-18H2,1-2H3. The SMILES string of the molecule is CCc1ccc(OCCn2c(Cc3ccc(OC)cc3)nc3ccccc32)cc1. The second kappa shape index (κ2) is 8.82. The molecule has 0 fully saturated rings. The molecule has 0 unspecified atom stereocenters. The molecule has 0 spiro atoms. The Kier molecular flexibility index (Phi) is 5.80. The molecule has 1 heterocycles. The highest BCUT2D eigenvalue weighted by molar-refractivity contribution is 5.76. The maximum Gasteiger partial charge on any atom is 0.119 e. The van der Waals surface area contributed by atoms with Gasteiger partial charge in [0.05, 0.1) is 24.7 Å². The lowest BCUT2D eigenvalue weighted by atomic mass is 10.1. The van der Waals surface area contributed by atoms with E-state index >= 15 is 0 Å². The van der Waals surface area contributed by atoms with Gasteiger partial charge in [0.2, 0.25) is 0 Å². The summed E-state index contributed by atoms with van der Waals surface area (Å²) in [6.07, 6.45) is 1.81. The average molecular weight is 386 g/mol. The van der Waals surface area contributed by atoms with Gasteiger partial charge in [0.15, 0.2) is 0 Å². The molecule has 1 aromatic heterocycles. The number of nitrogens with zero attached hydrogens (tertiary/aromatic N) is 2. The molecular formula is C25H26N2O2. The van der Waals surface area contributed by atoms with Crippen molar-refractivity contribution in [1.29, 1.82) is 0 Å². The Morgan fingerprint density at radius 3 is 2.24 bits per heavy atom. The third kappa shape index (κ3) is 4.43. The maximum absolute atomic E-state index is 6.00. The summed E-state index contributed by atoms with van der Waals surface area (Å²) >= 11 is 0. The van der Waals surface area contributed by atoms with Crippen LogP contribution in [0.2, 0.25) is 0 Å². The zero-order chi connectivity index (χ0) is 20.1. The highest BCUT2D eigenvalue weighted by Gasteiger charge is 2.11. The van der Waals surface area contributed by atoms with E-state index in [0.29, 0.717) is 6.61 Å². The van der Waals surface area contributed by atoms with Crippen molar-refractivity contribution in [3.63, 3.8) is 0 Å². The minimum Gasteiger partial charge on any atom is -0.497 e. The van der Waals surface area contributed by atoms with Gasteiger partial charge in [0.25, 0.3) is 0 Å². The highest BCUT2D eigenvalue weighted by atomic mass is 16.5. The molecule has 0 atom stereocenters. The first-order valence-corrected chi connectivity index (χ1v) is 10.1. The fourth-order valence-corrected chi connectivity index (χ4v) is 3.51. The van der Waals surface area contributed by atoms with Crippen LogP contribution >= 0.6 is 0 Å². The number of imidazole rings is 1. The second-order valence-corrected chi connectivity index (χ2v) is 7.04. The van der Waals surface area contributed by atoms with Crippen molar-refractivity contribution < 1.29 is 9.47 Å². The normalized spacial score (nSPS) is 11.0. The predicted octanol–water partition coefficient (Wildman–Crippen LogP) is 5.28. The zero-order valence-corrected chi connectivity index (χ0v) is 17.0. The summed E-state index contributed by atoms with van der Waals surface area (Å²) in [5.41, 5.74) is 4.68. The minimum atomic E-state index is 0.599. The van der Waals surface area contributed by atoms with E-state index in [1.807, 2.05) is 30.3 Å². The van der Waals surface area contributed by atoms with Crippen LogP contribution in [-0.2, 0) is 19.4 Å². The zero-order valence-electron chi connectivity index (χ0n) is 17.0. The Balaban J connectivity index is 1.52. The second-order valence-electron chi connectivity index (χ2n) is 7.04. The van der Waals surface area contributed by atoms with Crippen molar-refractivity contribution in [2.24, 2.45) is 0 Å². The smallest absolute Gasteiger partial charge is 0.119 e. The fraction of sp³-hybridized carbons (Fsp3) is 0.240. The highest BCUT2D eigenvalue weighted by Crippen LogP contribution is 2.20. The first kappa shape index (κ1) is 19.1. The first-order chi connectivity index (χ1) is 14.3. The van der Waals surface area contributed by atoms with E-state index in [0.717, 1.165) is 47.7 Å². The van der Waals surface area contributed by atoms with Crippen LogP contribution < -0.4 is 9.47 Å². The Bertz CT molecular complexity index is 1070. The lowest BCUT2D eigenvalue weighted by Crippen LogP contribution is -2.11. The summed E-state index contributed by atoms with van der Waals surface area (Å²) in [6, 6.07) is 24.8. The molecule has 0 N–H and O–H groups in total. The number of benzene rings is 3. The van der Waals surface area contributed by atoms with Gasteiger partial charge in [-0.15, -0.1) is 0 Å². The number of ether oxygens (including phenoxy) is 2. The third-order valence-corrected chi connectivity index (χ3v) is 5.17. The number of aryl methyl sites for hydroxylation is 1. The van der Waals surface area contributed by atoms with Crippen molar-refractivity contribution in [2.75, 3.05) is 13.7 Å². The summed E-state index contributed by atoms with van der Waals surface area (Å²) in [6.45, 7) is 3.51. The number of hydrogen-bond donors (Lipinski definition) is 0. The van der Waals surface area contributed by atoms with Gasteiger partial charge in [-0.2, -0.15) is 0 Å². The van der Waals surface area contributed by atoms with Gasteiger partial charge in [-0.25, -0.2) is 4.98 Å². The number of fused-ring (bicyclic) bond motifs is 1. The maximum atomic E-state index is 6.00. The molecule has 148 valence electrons. The summed E-state index contributed by atoms with van der Waals surface area (Å²) in [5.74, 6) is 2.81. The molecule has 0 aliphatic rings. The largest absolute Gasteiger partial charge is 0.497 e. The van der Waals surface area contributed by atoms with Gasteiger partial charge in [-0.1, -0.05) is 43.3 Å². The molecule has 3 aromatic carbocycles. The summed E-state index contributed by atoms with van der Waals surface area (Å²) in [5, 5.41) is 0. The van der Waals surface area contributed by atoms with Crippen LogP contribution in [0.25, 0.3) is 11.0 Å². The monoisotopic (exact) mass is 386 g/mol. The molecule has 0 aliphatic heterocycles. The minimum absolute atomic E-state index is 0.599. The van der Waals surface area contributed by atoms with E-state index in [9.17, 15) is 0 Å². The van der Waals surface area contributed by atoms with Crippen LogP contribution in [0.1, 0.15) is 23.9 Å². The van der Waals surface area contributed by atoms with Gasteiger partial charge < -0.3 is 14.0 Å². The first-order valence-electron chi connectivity index (χ1n) is 10.1. The summed E-state index contributed by atoms with van der Waals surface area (Å²) < 4.78 is 13.5. The molecule has 0 aliphatic carbocycles. The van der Waals surface area contributed by atoms with Crippen molar-refractivity contribution in [3.8, 4) is 11.5 Å². The van der Waals surface area contributed by atoms with Gasteiger partial charge in [0.1, 0.15) is 23.9 Å². The number of aromatic nitrogens is 2. The van der Waals surface area contributed by atoms with Gasteiger partial charge in [-0.05, 0) is 53.9 Å². The number of para-hydroxylation sites is 2. The summed E-state index contributed by atoms with van der Waals surface area (Å²) in [7, 11) is 1.68. The van der Waals surface area contributed by atoms with E-state index in [1.54, 1.807) is 7.11 Å². The van der Waals surface area contributed by atoms with Crippen molar-refractivity contribution in [2.45, 2.75) is 26.3 Å². The Labute approximate surface area is 171 Å². The molecule has 0 saturated heterocycles. The molecule has 0 amide bonds. The molecule has 4 heteroatoms. The van der Waals surface area contributed by atoms with E-state index in [1.165, 1.54) is 11.1 Å². The van der Waals surface area contributed by atoms with Crippen LogP contribution in [0.3, 0.4) is 0 Å². The van der Waals surface area contributed by atoms with Gasteiger partial charge in [-0.3, -0.25) is 0 Å². The number of hydrogen-bond acceptors (Lipinski definition) is 3. The number of methoxy groups -OCH3 is 1. The number of rotatable bonds is 8. The van der Waals surface area contributed by atoms with Gasteiger partial charge in [0, 0.05) is 6.42 Å². The Morgan fingerprint density at radius 1 is 0.828 bits per heavy atom.